The van der Waals surface area contributed by atoms with Gasteiger partial charge in [-0.3, -0.25) is 4.79 Å². The minimum atomic E-state index is -0.513. The smallest absolute Gasteiger partial charge is 0.262 e. The largest absolute Gasteiger partial charge is 0.508 e. The molecule has 1 heterocycles. The van der Waals surface area contributed by atoms with E-state index in [4.69, 9.17) is 5.73 Å². The number of fused-ring (bicyclic) bond motifs is 1. The second-order valence-electron chi connectivity index (χ2n) is 5.01. The van der Waals surface area contributed by atoms with Crippen LogP contribution >= 0.6 is 0 Å². The third-order valence-electron chi connectivity index (χ3n) is 3.60. The summed E-state index contributed by atoms with van der Waals surface area (Å²) in [6, 6.07) is 7.50. The van der Waals surface area contributed by atoms with Crippen LogP contribution in [-0.4, -0.2) is 26.1 Å². The van der Waals surface area contributed by atoms with Crippen molar-refractivity contribution in [2.24, 2.45) is 0 Å². The van der Waals surface area contributed by atoms with Crippen molar-refractivity contribution in [1.29, 1.82) is 0 Å². The van der Waals surface area contributed by atoms with Crippen LogP contribution in [0.5, 0.6) is 17.2 Å². The van der Waals surface area contributed by atoms with Gasteiger partial charge in [-0.2, -0.15) is 0 Å². The number of nitrogens with zero attached hydrogens (tertiary/aromatic N) is 1. The molecule has 2 aromatic carbocycles. The van der Waals surface area contributed by atoms with Crippen molar-refractivity contribution in [2.45, 2.75) is 13.1 Å². The number of rotatable bonds is 1. The van der Waals surface area contributed by atoms with E-state index in [0.717, 1.165) is 23.3 Å². The first kappa shape index (κ1) is 13.1. The molecular formula is C15H14N2O4. The zero-order valence-corrected chi connectivity index (χ0v) is 11.1. The first-order valence-electron chi connectivity index (χ1n) is 6.38. The Balaban J connectivity index is 1.94. The standard InChI is InChI=1S/C15H14N2O4/c16-11-3-1-2-8-6-17(7-10(8)11)15(21)14-12(19)4-9(18)5-13(14)20/h1-5,18-20H,6-7,16H2. The maximum absolute atomic E-state index is 12.5. The molecule has 0 saturated heterocycles. The molecule has 108 valence electrons. The van der Waals surface area contributed by atoms with E-state index in [2.05, 4.69) is 0 Å². The van der Waals surface area contributed by atoms with Gasteiger partial charge in [0.15, 0.2) is 0 Å². The van der Waals surface area contributed by atoms with Gasteiger partial charge in [0.05, 0.1) is 0 Å². The molecule has 0 bridgehead atoms. The molecule has 3 rings (SSSR count). The highest BCUT2D eigenvalue weighted by atomic mass is 16.3. The molecular weight excluding hydrogens is 272 g/mol. The second-order valence-corrected chi connectivity index (χ2v) is 5.01. The molecule has 0 aliphatic carbocycles. The summed E-state index contributed by atoms with van der Waals surface area (Å²) in [5, 5.41) is 28.8. The first-order valence-corrected chi connectivity index (χ1v) is 6.38. The van der Waals surface area contributed by atoms with Gasteiger partial charge in [0.1, 0.15) is 22.8 Å². The predicted octanol–water partition coefficient (Wildman–Crippen LogP) is 1.54. The van der Waals surface area contributed by atoms with Crippen LogP contribution in [0, 0.1) is 0 Å². The van der Waals surface area contributed by atoms with E-state index in [1.165, 1.54) is 4.90 Å². The molecule has 0 saturated carbocycles. The number of hydrogen-bond donors (Lipinski definition) is 4. The van der Waals surface area contributed by atoms with Crippen molar-refractivity contribution in [3.63, 3.8) is 0 Å². The Morgan fingerprint density at radius 2 is 1.76 bits per heavy atom. The van der Waals surface area contributed by atoms with E-state index in [9.17, 15) is 20.1 Å². The first-order chi connectivity index (χ1) is 9.97. The number of hydrogen-bond acceptors (Lipinski definition) is 5. The van der Waals surface area contributed by atoms with Crippen LogP contribution < -0.4 is 5.73 Å². The fourth-order valence-corrected chi connectivity index (χ4v) is 2.57. The highest BCUT2D eigenvalue weighted by Gasteiger charge is 2.29. The molecule has 21 heavy (non-hydrogen) atoms. The number of phenols is 3. The molecule has 1 aliphatic rings. The monoisotopic (exact) mass is 286 g/mol. The van der Waals surface area contributed by atoms with E-state index in [-0.39, 0.29) is 11.3 Å². The summed E-state index contributed by atoms with van der Waals surface area (Å²) in [4.78, 5) is 13.9. The van der Waals surface area contributed by atoms with Gasteiger partial charge in [-0.15, -0.1) is 0 Å². The fourth-order valence-electron chi connectivity index (χ4n) is 2.57. The van der Waals surface area contributed by atoms with E-state index >= 15 is 0 Å². The summed E-state index contributed by atoms with van der Waals surface area (Å²) in [6.07, 6.45) is 0. The van der Waals surface area contributed by atoms with Crippen LogP contribution in [0.25, 0.3) is 0 Å². The number of amides is 1. The zero-order chi connectivity index (χ0) is 15.1. The van der Waals surface area contributed by atoms with Crippen molar-refractivity contribution in [3.05, 3.63) is 47.0 Å². The average molecular weight is 286 g/mol. The van der Waals surface area contributed by atoms with Gasteiger partial charge in [-0.25, -0.2) is 0 Å². The molecule has 0 aromatic heterocycles. The highest BCUT2D eigenvalue weighted by molar-refractivity contribution is 6.00. The molecule has 1 aliphatic heterocycles. The van der Waals surface area contributed by atoms with E-state index in [1.54, 1.807) is 6.07 Å². The van der Waals surface area contributed by atoms with Crippen molar-refractivity contribution >= 4 is 11.6 Å². The van der Waals surface area contributed by atoms with Crippen molar-refractivity contribution in [1.82, 2.24) is 4.90 Å². The molecule has 1 amide bonds. The van der Waals surface area contributed by atoms with Gasteiger partial charge >= 0.3 is 0 Å². The lowest BCUT2D eigenvalue weighted by atomic mass is 10.1. The Kier molecular flexibility index (Phi) is 2.86. The summed E-state index contributed by atoms with van der Waals surface area (Å²) >= 11 is 0. The molecule has 0 spiro atoms. The number of nitrogen functional groups attached to an aromatic ring is 1. The van der Waals surface area contributed by atoms with E-state index in [0.29, 0.717) is 18.8 Å². The third-order valence-corrected chi connectivity index (χ3v) is 3.60. The van der Waals surface area contributed by atoms with Crippen LogP contribution in [0.15, 0.2) is 30.3 Å². The summed E-state index contributed by atoms with van der Waals surface area (Å²) in [6.45, 7) is 0.680. The number of nitrogens with two attached hydrogens (primary N) is 1. The van der Waals surface area contributed by atoms with E-state index in [1.807, 2.05) is 12.1 Å². The number of carbonyl (C=O) groups excluding carboxylic acids is 1. The zero-order valence-electron chi connectivity index (χ0n) is 11.1. The number of aromatic hydroxyl groups is 3. The van der Waals surface area contributed by atoms with Gasteiger partial charge in [-0.05, 0) is 17.2 Å². The number of carbonyl (C=O) groups is 1. The number of benzene rings is 2. The summed E-state index contributed by atoms with van der Waals surface area (Å²) < 4.78 is 0. The Morgan fingerprint density at radius 3 is 2.38 bits per heavy atom. The molecule has 2 aromatic rings. The summed E-state index contributed by atoms with van der Waals surface area (Å²) in [5.74, 6) is -1.74. The number of phenolic OH excluding ortho intramolecular Hbond substituents is 3. The summed E-state index contributed by atoms with van der Waals surface area (Å²) in [5.41, 5.74) is 8.10. The van der Waals surface area contributed by atoms with Crippen LogP contribution in [-0.2, 0) is 13.1 Å². The van der Waals surface area contributed by atoms with Crippen molar-refractivity contribution in [3.8, 4) is 17.2 Å². The lowest BCUT2D eigenvalue weighted by Gasteiger charge is -2.17. The Hall–Kier alpha value is -2.89. The molecule has 6 heteroatoms. The molecule has 5 N–H and O–H groups in total. The minimum absolute atomic E-state index is 0.223. The Bertz CT molecular complexity index is 719. The minimum Gasteiger partial charge on any atom is -0.508 e. The lowest BCUT2D eigenvalue weighted by molar-refractivity contribution is 0.0745. The van der Waals surface area contributed by atoms with Crippen LogP contribution in [0.4, 0.5) is 5.69 Å². The van der Waals surface area contributed by atoms with Gasteiger partial charge in [0, 0.05) is 30.9 Å². The topological polar surface area (TPSA) is 107 Å². The van der Waals surface area contributed by atoms with Gasteiger partial charge in [0.25, 0.3) is 5.91 Å². The quantitative estimate of drug-likeness (QED) is 0.595. The Labute approximate surface area is 120 Å². The molecule has 6 nitrogen and oxygen atoms in total. The number of anilines is 1. The SMILES string of the molecule is Nc1cccc2c1CN(C(=O)c1c(O)cc(O)cc1O)C2. The normalized spacial score (nSPS) is 13.2. The van der Waals surface area contributed by atoms with Crippen molar-refractivity contribution in [2.75, 3.05) is 5.73 Å². The molecule has 0 atom stereocenters. The second kappa shape index (κ2) is 4.59. The maximum Gasteiger partial charge on any atom is 0.262 e. The lowest BCUT2D eigenvalue weighted by Crippen LogP contribution is -2.25. The van der Waals surface area contributed by atoms with Crippen LogP contribution in [0.2, 0.25) is 0 Å². The molecule has 0 unspecified atom stereocenters. The molecule has 0 radical (unpaired) electrons. The van der Waals surface area contributed by atoms with E-state index < -0.39 is 17.4 Å². The van der Waals surface area contributed by atoms with Crippen molar-refractivity contribution < 1.29 is 20.1 Å². The third kappa shape index (κ3) is 2.10. The van der Waals surface area contributed by atoms with Crippen LogP contribution in [0.3, 0.4) is 0 Å². The van der Waals surface area contributed by atoms with Gasteiger partial charge in [-0.1, -0.05) is 12.1 Å². The fraction of sp³-hybridized carbons (Fsp3) is 0.133. The highest BCUT2D eigenvalue weighted by Crippen LogP contribution is 2.35. The summed E-state index contributed by atoms with van der Waals surface area (Å²) in [7, 11) is 0. The molecule has 0 fully saturated rings. The average Bonchev–Trinajstić information content (AvgIpc) is 2.82. The maximum atomic E-state index is 12.5. The Morgan fingerprint density at radius 1 is 1.10 bits per heavy atom. The van der Waals surface area contributed by atoms with Crippen LogP contribution in [0.1, 0.15) is 21.5 Å². The van der Waals surface area contributed by atoms with Gasteiger partial charge < -0.3 is 26.0 Å². The predicted molar refractivity (Wildman–Crippen MR) is 75.9 cm³/mol. The van der Waals surface area contributed by atoms with Gasteiger partial charge in [0.2, 0.25) is 0 Å².